The molecule has 2 N–H and O–H groups in total. The molecule has 2 rings (SSSR count). The van der Waals surface area contributed by atoms with Crippen molar-refractivity contribution in [3.05, 3.63) is 27.6 Å². The third-order valence-corrected chi connectivity index (χ3v) is 2.94. The summed E-state index contributed by atoms with van der Waals surface area (Å²) in [5, 5.41) is 0. The Morgan fingerprint density at radius 1 is 1.38 bits per heavy atom. The predicted octanol–water partition coefficient (Wildman–Crippen LogP) is 2.13. The van der Waals surface area contributed by atoms with Gasteiger partial charge in [0, 0.05) is 11.9 Å². The van der Waals surface area contributed by atoms with Crippen LogP contribution in [0.15, 0.2) is 18.3 Å². The second-order valence-corrected chi connectivity index (χ2v) is 3.93. The van der Waals surface area contributed by atoms with Crippen LogP contribution in [0, 0.1) is 10.5 Å². The van der Waals surface area contributed by atoms with Gasteiger partial charge in [0.2, 0.25) is 0 Å². The van der Waals surface area contributed by atoms with Gasteiger partial charge in [-0.25, -0.2) is 4.98 Å². The van der Waals surface area contributed by atoms with Gasteiger partial charge in [-0.1, -0.05) is 0 Å². The van der Waals surface area contributed by atoms with Gasteiger partial charge in [0.15, 0.2) is 0 Å². The first-order valence-corrected chi connectivity index (χ1v) is 4.93. The Morgan fingerprint density at radius 2 is 2.15 bits per heavy atom. The minimum Gasteiger partial charge on any atom is -0.398 e. The lowest BCUT2D eigenvalue weighted by atomic mass is 10.2. The highest BCUT2D eigenvalue weighted by Gasteiger charge is 2.03. The fourth-order valence-corrected chi connectivity index (χ4v) is 1.76. The molecule has 0 bridgehead atoms. The second kappa shape index (κ2) is 3.10. The number of aryl methyl sites for hydroxylation is 1. The van der Waals surface area contributed by atoms with E-state index in [0.717, 1.165) is 26.0 Å². The van der Waals surface area contributed by atoms with Crippen molar-refractivity contribution in [2.45, 2.75) is 6.92 Å². The van der Waals surface area contributed by atoms with Gasteiger partial charge in [0.25, 0.3) is 0 Å². The molecule has 0 aliphatic heterocycles. The summed E-state index contributed by atoms with van der Waals surface area (Å²) in [4.78, 5) is 8.65. The molecule has 1 heterocycles. The third kappa shape index (κ3) is 1.46. The summed E-state index contributed by atoms with van der Waals surface area (Å²) in [6.07, 6.45) is 1.75. The average molecular weight is 285 g/mol. The fraction of sp³-hybridized carbons (Fsp3) is 0.111. The second-order valence-electron chi connectivity index (χ2n) is 2.85. The number of fused-ring (bicyclic) bond motifs is 1. The predicted molar refractivity (Wildman–Crippen MR) is 61.4 cm³/mol. The van der Waals surface area contributed by atoms with E-state index < -0.39 is 0 Å². The molecule has 4 heteroatoms. The minimum atomic E-state index is 0.756. The summed E-state index contributed by atoms with van der Waals surface area (Å²) in [5.41, 5.74) is 9.21. The molecule has 3 nitrogen and oxygen atoms in total. The van der Waals surface area contributed by atoms with E-state index in [2.05, 4.69) is 32.6 Å². The molecule has 0 saturated carbocycles. The van der Waals surface area contributed by atoms with E-state index in [1.54, 1.807) is 6.20 Å². The summed E-state index contributed by atoms with van der Waals surface area (Å²) < 4.78 is 0.975. The number of rotatable bonds is 0. The molecule has 0 fully saturated rings. The van der Waals surface area contributed by atoms with Crippen LogP contribution in [-0.4, -0.2) is 9.97 Å². The maximum atomic E-state index is 5.75. The first-order chi connectivity index (χ1) is 6.18. The molecule has 2 aromatic rings. The Morgan fingerprint density at radius 3 is 2.92 bits per heavy atom. The van der Waals surface area contributed by atoms with Crippen molar-refractivity contribution >= 4 is 39.3 Å². The third-order valence-electron chi connectivity index (χ3n) is 1.80. The maximum absolute atomic E-state index is 5.75. The molecule has 0 atom stereocenters. The van der Waals surface area contributed by atoms with Crippen LogP contribution in [0.3, 0.4) is 0 Å². The van der Waals surface area contributed by atoms with E-state index in [-0.39, 0.29) is 0 Å². The van der Waals surface area contributed by atoms with Crippen LogP contribution in [0.1, 0.15) is 5.69 Å². The van der Waals surface area contributed by atoms with Crippen molar-refractivity contribution in [3.63, 3.8) is 0 Å². The van der Waals surface area contributed by atoms with E-state index in [1.165, 1.54) is 0 Å². The summed E-state index contributed by atoms with van der Waals surface area (Å²) >= 11 is 2.19. The normalized spacial score (nSPS) is 10.6. The molecule has 0 saturated heterocycles. The van der Waals surface area contributed by atoms with Crippen molar-refractivity contribution in [2.24, 2.45) is 0 Å². The van der Waals surface area contributed by atoms with Gasteiger partial charge >= 0.3 is 0 Å². The average Bonchev–Trinajstić information content (AvgIpc) is 2.12. The summed E-state index contributed by atoms with van der Waals surface area (Å²) in [5.74, 6) is 0. The first kappa shape index (κ1) is 8.68. The first-order valence-electron chi connectivity index (χ1n) is 3.86. The molecule has 13 heavy (non-hydrogen) atoms. The van der Waals surface area contributed by atoms with Gasteiger partial charge in [0.1, 0.15) is 5.52 Å². The number of nitrogens with zero attached hydrogens (tertiary/aromatic N) is 2. The van der Waals surface area contributed by atoms with Gasteiger partial charge in [-0.2, -0.15) is 0 Å². The van der Waals surface area contributed by atoms with E-state index in [0.29, 0.717) is 0 Å². The molecule has 1 aromatic carbocycles. The minimum absolute atomic E-state index is 0.756. The molecular formula is C9H8IN3. The number of anilines is 1. The standard InChI is InChI=1S/C9H8IN3/c1-5-4-12-9-7(13-5)3-2-6(11)8(9)10/h2-4H,11H2,1H3. The Kier molecular flexibility index (Phi) is 2.07. The van der Waals surface area contributed by atoms with Crippen molar-refractivity contribution < 1.29 is 0 Å². The molecule has 0 amide bonds. The number of halogens is 1. The lowest BCUT2D eigenvalue weighted by Crippen LogP contribution is -1.94. The quantitative estimate of drug-likeness (QED) is 0.596. The molecule has 0 aliphatic rings. The van der Waals surface area contributed by atoms with Crippen molar-refractivity contribution in [2.75, 3.05) is 5.73 Å². The summed E-state index contributed by atoms with van der Waals surface area (Å²) in [6.45, 7) is 1.93. The molecule has 1 aromatic heterocycles. The van der Waals surface area contributed by atoms with Crippen LogP contribution in [0.25, 0.3) is 11.0 Å². The smallest absolute Gasteiger partial charge is 0.104 e. The Hall–Kier alpha value is -0.910. The van der Waals surface area contributed by atoms with Crippen LogP contribution in [0.2, 0.25) is 0 Å². The fourth-order valence-electron chi connectivity index (χ4n) is 1.16. The summed E-state index contributed by atoms with van der Waals surface area (Å²) in [6, 6.07) is 3.76. The highest BCUT2D eigenvalue weighted by Crippen LogP contribution is 2.22. The summed E-state index contributed by atoms with van der Waals surface area (Å²) in [7, 11) is 0. The van der Waals surface area contributed by atoms with Gasteiger partial charge in [-0.05, 0) is 41.6 Å². The van der Waals surface area contributed by atoms with Crippen LogP contribution in [-0.2, 0) is 0 Å². The van der Waals surface area contributed by atoms with Crippen molar-refractivity contribution in [1.29, 1.82) is 0 Å². The van der Waals surface area contributed by atoms with Crippen LogP contribution in [0.4, 0.5) is 5.69 Å². The van der Waals surface area contributed by atoms with E-state index >= 15 is 0 Å². The monoisotopic (exact) mass is 285 g/mol. The number of benzene rings is 1. The molecule has 0 unspecified atom stereocenters. The van der Waals surface area contributed by atoms with Gasteiger partial charge < -0.3 is 5.73 Å². The van der Waals surface area contributed by atoms with E-state index in [1.807, 2.05) is 19.1 Å². The van der Waals surface area contributed by atoms with Gasteiger partial charge in [-0.15, -0.1) is 0 Å². The zero-order valence-electron chi connectivity index (χ0n) is 7.08. The lowest BCUT2D eigenvalue weighted by Gasteiger charge is -2.02. The van der Waals surface area contributed by atoms with Crippen molar-refractivity contribution in [3.8, 4) is 0 Å². The SMILES string of the molecule is Cc1cnc2c(I)c(N)ccc2n1. The highest BCUT2D eigenvalue weighted by molar-refractivity contribution is 14.1. The topological polar surface area (TPSA) is 51.8 Å². The molecule has 0 spiro atoms. The Labute approximate surface area is 89.5 Å². The molecule has 0 aliphatic carbocycles. The van der Waals surface area contributed by atoms with E-state index in [9.17, 15) is 0 Å². The molecule has 66 valence electrons. The van der Waals surface area contributed by atoms with Gasteiger partial charge in [-0.3, -0.25) is 4.98 Å². The number of nitrogen functional groups attached to an aromatic ring is 1. The number of nitrogens with two attached hydrogens (primary N) is 1. The van der Waals surface area contributed by atoms with Crippen molar-refractivity contribution in [1.82, 2.24) is 9.97 Å². The Balaban J connectivity index is 2.87. The number of aromatic nitrogens is 2. The van der Waals surface area contributed by atoms with Gasteiger partial charge in [0.05, 0.1) is 14.8 Å². The number of hydrogen-bond acceptors (Lipinski definition) is 3. The highest BCUT2D eigenvalue weighted by atomic mass is 127. The van der Waals surface area contributed by atoms with Crippen LogP contribution in [0.5, 0.6) is 0 Å². The largest absolute Gasteiger partial charge is 0.398 e. The zero-order chi connectivity index (χ0) is 9.42. The molecular weight excluding hydrogens is 277 g/mol. The number of hydrogen-bond donors (Lipinski definition) is 1. The molecule has 0 radical (unpaired) electrons. The van der Waals surface area contributed by atoms with E-state index in [4.69, 9.17) is 5.73 Å². The maximum Gasteiger partial charge on any atom is 0.104 e. The van der Waals surface area contributed by atoms with Crippen LogP contribution >= 0.6 is 22.6 Å². The lowest BCUT2D eigenvalue weighted by molar-refractivity contribution is 1.18. The Bertz CT molecular complexity index is 468. The zero-order valence-corrected chi connectivity index (χ0v) is 9.24. The van der Waals surface area contributed by atoms with Crippen LogP contribution < -0.4 is 5.73 Å².